The second kappa shape index (κ2) is 20.8. The van der Waals surface area contributed by atoms with E-state index in [4.69, 9.17) is 5.73 Å². The third-order valence-electron chi connectivity index (χ3n) is 6.43. The van der Waals surface area contributed by atoms with E-state index in [-0.39, 0.29) is 24.3 Å². The van der Waals surface area contributed by atoms with Crippen LogP contribution in [0.4, 0.5) is 4.79 Å². The molecule has 1 aromatic rings. The Hall–Kier alpha value is -3.12. The molecule has 1 aliphatic heterocycles. The van der Waals surface area contributed by atoms with Gasteiger partial charge in [-0.2, -0.15) is 0 Å². The normalized spacial score (nSPS) is 16.2. The molecule has 1 aromatic carbocycles. The van der Waals surface area contributed by atoms with Crippen molar-refractivity contribution < 1.29 is 24.0 Å². The van der Waals surface area contributed by atoms with E-state index in [0.717, 1.165) is 4.90 Å². The summed E-state index contributed by atoms with van der Waals surface area (Å²) in [7, 11) is 3.75. The zero-order valence-corrected chi connectivity index (χ0v) is 29.1. The SMILES string of the molecule is CC.CC(C)CC(NC(=O)[C@@H]1CCCN1C(=O)C(NC(=O)NC(C)CSc1ccccc1)C(C)(C)C)C(=O)C(N)=O.CNC. The maximum absolute atomic E-state index is 13.7. The molecule has 0 spiro atoms. The highest BCUT2D eigenvalue weighted by Crippen LogP contribution is 2.26. The minimum absolute atomic E-state index is 0.0291. The van der Waals surface area contributed by atoms with Gasteiger partial charge in [0.05, 0.1) is 6.04 Å². The molecule has 4 atom stereocenters. The first-order valence-electron chi connectivity index (χ1n) is 15.4. The first-order chi connectivity index (χ1) is 20.6. The minimum atomic E-state index is -1.11. The number of carbonyl (C=O) groups is 5. The van der Waals surface area contributed by atoms with Crippen molar-refractivity contribution in [2.75, 3.05) is 26.4 Å². The van der Waals surface area contributed by atoms with Gasteiger partial charge in [-0.1, -0.05) is 66.7 Å². The van der Waals surface area contributed by atoms with E-state index in [1.54, 1.807) is 11.8 Å². The number of nitrogens with two attached hydrogens (primary N) is 1. The van der Waals surface area contributed by atoms with E-state index in [0.29, 0.717) is 25.1 Å². The number of nitrogens with zero attached hydrogens (tertiary/aromatic N) is 1. The maximum Gasteiger partial charge on any atom is 0.315 e. The van der Waals surface area contributed by atoms with Crippen LogP contribution in [0.25, 0.3) is 0 Å². The number of primary amides is 1. The first kappa shape index (κ1) is 40.9. The van der Waals surface area contributed by atoms with Gasteiger partial charge in [0.25, 0.3) is 5.91 Å². The molecular formula is C32H56N6O5S. The lowest BCUT2D eigenvalue weighted by molar-refractivity contribution is -0.143. The zero-order chi connectivity index (χ0) is 34.0. The van der Waals surface area contributed by atoms with Crippen molar-refractivity contribution in [1.29, 1.82) is 0 Å². The monoisotopic (exact) mass is 636 g/mol. The number of carbonyl (C=O) groups excluding carboxylic acids is 5. The third kappa shape index (κ3) is 14.6. The molecule has 0 saturated carbocycles. The fraction of sp³-hybridized carbons (Fsp3) is 0.656. The Bertz CT molecular complexity index is 1050. The van der Waals surface area contributed by atoms with Crippen molar-refractivity contribution in [3.8, 4) is 0 Å². The zero-order valence-electron chi connectivity index (χ0n) is 28.3. The highest BCUT2D eigenvalue weighted by atomic mass is 32.2. The summed E-state index contributed by atoms with van der Waals surface area (Å²) in [5.41, 5.74) is 4.55. The molecule has 1 saturated heterocycles. The summed E-state index contributed by atoms with van der Waals surface area (Å²) in [5, 5.41) is 11.1. The lowest BCUT2D eigenvalue weighted by Gasteiger charge is -2.36. The number of benzene rings is 1. The molecule has 6 N–H and O–H groups in total. The van der Waals surface area contributed by atoms with Gasteiger partial charge in [-0.15, -0.1) is 11.8 Å². The summed E-state index contributed by atoms with van der Waals surface area (Å²) >= 11 is 1.62. The Morgan fingerprint density at radius 2 is 1.55 bits per heavy atom. The van der Waals surface area contributed by atoms with Crippen molar-refractivity contribution in [3.63, 3.8) is 0 Å². The van der Waals surface area contributed by atoms with Crippen LogP contribution in [0.2, 0.25) is 0 Å². The minimum Gasteiger partial charge on any atom is -0.363 e. The van der Waals surface area contributed by atoms with Crippen molar-refractivity contribution in [3.05, 3.63) is 30.3 Å². The van der Waals surface area contributed by atoms with Gasteiger partial charge in [-0.3, -0.25) is 19.2 Å². The third-order valence-corrected chi connectivity index (χ3v) is 7.70. The predicted octanol–water partition coefficient (Wildman–Crippen LogP) is 3.32. The average molecular weight is 637 g/mol. The van der Waals surface area contributed by atoms with Gasteiger partial charge >= 0.3 is 6.03 Å². The number of ketones is 1. The summed E-state index contributed by atoms with van der Waals surface area (Å²) in [5.74, 6) is -2.17. The van der Waals surface area contributed by atoms with Gasteiger partial charge in [-0.25, -0.2) is 4.79 Å². The van der Waals surface area contributed by atoms with Crippen molar-refractivity contribution in [2.24, 2.45) is 17.1 Å². The molecule has 2 rings (SSSR count). The van der Waals surface area contributed by atoms with Crippen LogP contribution < -0.4 is 27.0 Å². The van der Waals surface area contributed by atoms with Crippen LogP contribution in [-0.4, -0.2) is 85.0 Å². The summed E-state index contributed by atoms with van der Waals surface area (Å²) in [4.78, 5) is 66.1. The van der Waals surface area contributed by atoms with Gasteiger partial charge in [0, 0.05) is 23.2 Å². The van der Waals surface area contributed by atoms with Gasteiger partial charge in [-0.05, 0) is 63.7 Å². The number of hydrogen-bond acceptors (Lipinski definition) is 7. The molecule has 250 valence electrons. The first-order valence-corrected chi connectivity index (χ1v) is 16.4. The van der Waals surface area contributed by atoms with Crippen LogP contribution in [-0.2, 0) is 19.2 Å². The van der Waals surface area contributed by atoms with Gasteiger partial charge in [0.2, 0.25) is 17.6 Å². The highest BCUT2D eigenvalue weighted by Gasteiger charge is 2.42. The fourth-order valence-electron chi connectivity index (χ4n) is 4.44. The molecule has 12 heteroatoms. The van der Waals surface area contributed by atoms with E-state index in [9.17, 15) is 24.0 Å². The van der Waals surface area contributed by atoms with Crippen LogP contribution >= 0.6 is 11.8 Å². The molecule has 1 heterocycles. The van der Waals surface area contributed by atoms with E-state index < -0.39 is 47.2 Å². The van der Waals surface area contributed by atoms with Crippen LogP contribution in [0.3, 0.4) is 0 Å². The number of nitrogens with one attached hydrogen (secondary N) is 4. The molecule has 0 aliphatic carbocycles. The van der Waals surface area contributed by atoms with Gasteiger partial charge in [0.1, 0.15) is 12.1 Å². The lowest BCUT2D eigenvalue weighted by atomic mass is 9.85. The van der Waals surface area contributed by atoms with Crippen molar-refractivity contribution >= 4 is 41.3 Å². The standard InChI is InChI=1S/C28H43N5O5S.C2H7N.C2H6/c1-17(2)15-20(22(34)24(29)35)31-25(36)21-13-10-14-33(21)26(37)23(28(4,5)6)32-27(38)30-18(3)16-39-19-11-8-7-9-12-19;1-3-2;1-2/h7-9,11-12,17-18,20-21,23H,10,13-16H2,1-6H3,(H2,29,35)(H,31,36)(H2,30,32,38);3H,1-2H3;1-2H3/t18?,20?,21-,23?;;/m0../s1. The number of urea groups is 1. The van der Waals surface area contributed by atoms with Crippen LogP contribution in [0.5, 0.6) is 0 Å². The van der Waals surface area contributed by atoms with E-state index >= 15 is 0 Å². The molecule has 3 unspecified atom stereocenters. The number of hydrogen-bond donors (Lipinski definition) is 5. The van der Waals surface area contributed by atoms with E-state index in [2.05, 4.69) is 21.3 Å². The predicted molar refractivity (Wildman–Crippen MR) is 178 cm³/mol. The number of Topliss-reactive ketones (excluding diaryl/α,β-unsaturated/α-hetero) is 1. The topological polar surface area (TPSA) is 163 Å². The Morgan fingerprint density at radius 1 is 0.977 bits per heavy atom. The van der Waals surface area contributed by atoms with Crippen LogP contribution in [0, 0.1) is 11.3 Å². The molecule has 44 heavy (non-hydrogen) atoms. The second-order valence-electron chi connectivity index (χ2n) is 12.1. The molecule has 1 fully saturated rings. The van der Waals surface area contributed by atoms with E-state index in [1.807, 2.05) is 99.8 Å². The van der Waals surface area contributed by atoms with Crippen molar-refractivity contribution in [1.82, 2.24) is 26.2 Å². The fourth-order valence-corrected chi connectivity index (χ4v) is 5.31. The Kier molecular flexibility index (Phi) is 19.3. The largest absolute Gasteiger partial charge is 0.363 e. The molecule has 11 nitrogen and oxygen atoms in total. The summed E-state index contributed by atoms with van der Waals surface area (Å²) < 4.78 is 0. The smallest absolute Gasteiger partial charge is 0.315 e. The Balaban J connectivity index is 0.00000347. The number of likely N-dealkylation sites (tertiary alicyclic amines) is 1. The highest BCUT2D eigenvalue weighted by molar-refractivity contribution is 7.99. The average Bonchev–Trinajstić information content (AvgIpc) is 3.45. The summed E-state index contributed by atoms with van der Waals surface area (Å²) in [6.45, 7) is 15.5. The number of thioether (sulfide) groups is 1. The maximum atomic E-state index is 13.7. The summed E-state index contributed by atoms with van der Waals surface area (Å²) in [6.07, 6.45) is 1.26. The molecule has 0 radical (unpaired) electrons. The van der Waals surface area contributed by atoms with Crippen molar-refractivity contribution in [2.45, 2.75) is 104 Å². The second-order valence-corrected chi connectivity index (χ2v) is 13.1. The van der Waals surface area contributed by atoms with Crippen LogP contribution in [0.1, 0.15) is 74.7 Å². The van der Waals surface area contributed by atoms with E-state index in [1.165, 1.54) is 4.90 Å². The molecule has 5 amide bonds. The number of rotatable bonds is 12. The number of amides is 5. The molecular weight excluding hydrogens is 580 g/mol. The summed E-state index contributed by atoms with van der Waals surface area (Å²) in [6, 6.07) is 6.49. The molecule has 1 aliphatic rings. The Labute approximate surface area is 268 Å². The van der Waals surface area contributed by atoms with Gasteiger partial charge in [0.15, 0.2) is 0 Å². The van der Waals surface area contributed by atoms with Crippen LogP contribution in [0.15, 0.2) is 35.2 Å². The Morgan fingerprint density at radius 3 is 2.05 bits per heavy atom. The van der Waals surface area contributed by atoms with Gasteiger partial charge < -0.3 is 31.9 Å². The molecule has 0 aromatic heterocycles. The quantitative estimate of drug-likeness (QED) is 0.174. The molecule has 0 bridgehead atoms. The lowest BCUT2D eigenvalue weighted by Crippen LogP contribution is -2.60.